The number of rotatable bonds is 7. The predicted octanol–water partition coefficient (Wildman–Crippen LogP) is 3.80. The third-order valence-electron chi connectivity index (χ3n) is 5.81. The van der Waals surface area contributed by atoms with Crippen molar-refractivity contribution in [3.8, 4) is 0 Å². The van der Waals surface area contributed by atoms with Gasteiger partial charge in [-0.15, -0.1) is 0 Å². The number of hydrogen-bond acceptors (Lipinski definition) is 3. The Labute approximate surface area is 158 Å². The summed E-state index contributed by atoms with van der Waals surface area (Å²) in [6.07, 6.45) is 13.4. The van der Waals surface area contributed by atoms with E-state index < -0.39 is 0 Å². The zero-order valence-corrected chi connectivity index (χ0v) is 16.2. The van der Waals surface area contributed by atoms with Crippen LogP contribution in [0.25, 0.3) is 0 Å². The minimum atomic E-state index is 0.0912. The van der Waals surface area contributed by atoms with E-state index in [2.05, 4.69) is 22.1 Å². The van der Waals surface area contributed by atoms with Crippen LogP contribution in [0.2, 0.25) is 0 Å². The largest absolute Gasteiger partial charge is 0.334 e. The summed E-state index contributed by atoms with van der Waals surface area (Å²) in [4.78, 5) is 21.6. The van der Waals surface area contributed by atoms with Crippen molar-refractivity contribution in [2.75, 3.05) is 19.6 Å². The Morgan fingerprint density at radius 3 is 2.73 bits per heavy atom. The molecular formula is C21H34N4O. The van der Waals surface area contributed by atoms with E-state index in [1.807, 2.05) is 17.0 Å². The van der Waals surface area contributed by atoms with Crippen LogP contribution in [0.3, 0.4) is 0 Å². The molecule has 5 nitrogen and oxygen atoms in total. The topological polar surface area (TPSA) is 48.5 Å². The molecule has 2 heterocycles. The number of nitrogens with one attached hydrogen (secondary N) is 1. The van der Waals surface area contributed by atoms with Crippen molar-refractivity contribution in [1.82, 2.24) is 20.1 Å². The van der Waals surface area contributed by atoms with Crippen LogP contribution in [0, 0.1) is 0 Å². The van der Waals surface area contributed by atoms with Crippen LogP contribution >= 0.6 is 0 Å². The third kappa shape index (κ3) is 5.44. The number of carbonyl (C=O) groups is 1. The minimum Gasteiger partial charge on any atom is -0.334 e. The fourth-order valence-corrected chi connectivity index (χ4v) is 4.30. The number of amides is 2. The number of nitrogens with zero attached hydrogens (tertiary/aromatic N) is 3. The molecule has 1 aromatic heterocycles. The lowest BCUT2D eigenvalue weighted by atomic mass is 10.0. The Hall–Kier alpha value is -1.62. The summed E-state index contributed by atoms with van der Waals surface area (Å²) in [5, 5.41) is 3.33. The van der Waals surface area contributed by atoms with E-state index in [-0.39, 0.29) is 6.03 Å². The van der Waals surface area contributed by atoms with E-state index in [9.17, 15) is 4.79 Å². The lowest BCUT2D eigenvalue weighted by Gasteiger charge is -2.38. The highest BCUT2D eigenvalue weighted by atomic mass is 16.2. The van der Waals surface area contributed by atoms with Gasteiger partial charge in [-0.2, -0.15) is 0 Å². The van der Waals surface area contributed by atoms with Crippen LogP contribution in [-0.4, -0.2) is 52.5 Å². The number of aromatic nitrogens is 1. The number of unbranched alkanes of at least 4 members (excludes halogenated alkanes) is 1. The molecule has 1 saturated heterocycles. The fourth-order valence-electron chi connectivity index (χ4n) is 4.30. The van der Waals surface area contributed by atoms with Crippen LogP contribution in [0.4, 0.5) is 4.79 Å². The van der Waals surface area contributed by atoms with Crippen LogP contribution in [0.5, 0.6) is 0 Å². The minimum absolute atomic E-state index is 0.0912. The van der Waals surface area contributed by atoms with Crippen molar-refractivity contribution in [3.05, 3.63) is 30.1 Å². The van der Waals surface area contributed by atoms with Crippen LogP contribution in [0.1, 0.15) is 63.9 Å². The number of piperidine rings is 1. The first kappa shape index (κ1) is 19.2. The monoisotopic (exact) mass is 358 g/mol. The van der Waals surface area contributed by atoms with Crippen molar-refractivity contribution >= 4 is 6.03 Å². The smallest absolute Gasteiger partial charge is 0.317 e. The Morgan fingerprint density at radius 1 is 1.23 bits per heavy atom. The molecule has 1 atom stereocenters. The first-order valence-corrected chi connectivity index (χ1v) is 10.4. The summed E-state index contributed by atoms with van der Waals surface area (Å²) < 4.78 is 0. The second-order valence-electron chi connectivity index (χ2n) is 7.85. The average Bonchev–Trinajstić information content (AvgIpc) is 3.21. The molecule has 0 unspecified atom stereocenters. The Bertz CT molecular complexity index is 544. The molecule has 1 aliphatic heterocycles. The molecule has 2 amide bonds. The second-order valence-corrected chi connectivity index (χ2v) is 7.85. The van der Waals surface area contributed by atoms with E-state index in [4.69, 9.17) is 0 Å². The maximum absolute atomic E-state index is 12.9. The van der Waals surface area contributed by atoms with Gasteiger partial charge in [0.05, 0.1) is 0 Å². The van der Waals surface area contributed by atoms with Gasteiger partial charge in [0.15, 0.2) is 0 Å². The molecule has 1 saturated carbocycles. The van der Waals surface area contributed by atoms with Crippen molar-refractivity contribution in [2.24, 2.45) is 0 Å². The van der Waals surface area contributed by atoms with E-state index in [0.717, 1.165) is 44.0 Å². The molecule has 0 spiro atoms. The van der Waals surface area contributed by atoms with Gasteiger partial charge in [-0.25, -0.2) is 4.79 Å². The lowest BCUT2D eigenvalue weighted by Crippen LogP contribution is -2.53. The summed E-state index contributed by atoms with van der Waals surface area (Å²) in [5.74, 6) is 0. The molecule has 1 aromatic rings. The molecule has 0 radical (unpaired) electrons. The molecule has 0 aromatic carbocycles. The quantitative estimate of drug-likeness (QED) is 0.806. The predicted molar refractivity (Wildman–Crippen MR) is 105 cm³/mol. The highest BCUT2D eigenvalue weighted by molar-refractivity contribution is 5.74. The highest BCUT2D eigenvalue weighted by Gasteiger charge is 2.29. The average molecular weight is 359 g/mol. The van der Waals surface area contributed by atoms with Crippen molar-refractivity contribution in [3.63, 3.8) is 0 Å². The number of pyridine rings is 1. The molecule has 0 bridgehead atoms. The number of likely N-dealkylation sites (tertiary alicyclic amines) is 1. The lowest BCUT2D eigenvalue weighted by molar-refractivity contribution is 0.132. The zero-order valence-electron chi connectivity index (χ0n) is 16.2. The molecule has 2 fully saturated rings. The van der Waals surface area contributed by atoms with Crippen molar-refractivity contribution in [1.29, 1.82) is 0 Å². The standard InChI is InChI=1S/C21H34N4O/c1-2-3-14-25(16-18-10-12-22-13-11-18)21(26)23-19-7-6-15-24(17-19)20-8-4-5-9-20/h10-13,19-20H,2-9,14-17H2,1H3,(H,23,26)/t19-/m1/s1. The summed E-state index contributed by atoms with van der Waals surface area (Å²) in [6, 6.07) is 5.12. The SMILES string of the molecule is CCCCN(Cc1ccncc1)C(=O)N[C@@H]1CCCN(C2CCCC2)C1. The van der Waals surface area contributed by atoms with E-state index >= 15 is 0 Å². The molecule has 1 aliphatic carbocycles. The molecule has 1 N–H and O–H groups in total. The van der Waals surface area contributed by atoms with Gasteiger partial charge in [-0.1, -0.05) is 26.2 Å². The van der Waals surface area contributed by atoms with Gasteiger partial charge in [0.1, 0.15) is 0 Å². The van der Waals surface area contributed by atoms with Crippen LogP contribution < -0.4 is 5.32 Å². The van der Waals surface area contributed by atoms with Crippen molar-refractivity contribution < 1.29 is 4.79 Å². The summed E-state index contributed by atoms with van der Waals surface area (Å²) in [5.41, 5.74) is 1.14. The van der Waals surface area contributed by atoms with Gasteiger partial charge in [-0.05, 0) is 56.3 Å². The first-order chi connectivity index (χ1) is 12.8. The highest BCUT2D eigenvalue weighted by Crippen LogP contribution is 2.26. The van der Waals surface area contributed by atoms with Gasteiger partial charge in [0.2, 0.25) is 0 Å². The number of urea groups is 1. The third-order valence-corrected chi connectivity index (χ3v) is 5.81. The van der Waals surface area contributed by atoms with E-state index in [1.54, 1.807) is 12.4 Å². The Morgan fingerprint density at radius 2 is 2.00 bits per heavy atom. The molecule has 144 valence electrons. The van der Waals surface area contributed by atoms with Gasteiger partial charge in [-0.3, -0.25) is 9.88 Å². The maximum atomic E-state index is 12.9. The summed E-state index contributed by atoms with van der Waals surface area (Å²) >= 11 is 0. The molecular weight excluding hydrogens is 324 g/mol. The number of carbonyl (C=O) groups excluding carboxylic acids is 1. The maximum Gasteiger partial charge on any atom is 0.317 e. The number of hydrogen-bond donors (Lipinski definition) is 1. The van der Waals surface area contributed by atoms with E-state index in [0.29, 0.717) is 12.6 Å². The van der Waals surface area contributed by atoms with Gasteiger partial charge >= 0.3 is 6.03 Å². The first-order valence-electron chi connectivity index (χ1n) is 10.4. The summed E-state index contributed by atoms with van der Waals surface area (Å²) in [6.45, 7) is 5.86. The van der Waals surface area contributed by atoms with Crippen molar-refractivity contribution in [2.45, 2.75) is 76.9 Å². The second kappa shape index (κ2) is 9.91. The molecule has 5 heteroatoms. The zero-order chi connectivity index (χ0) is 18.2. The molecule has 26 heavy (non-hydrogen) atoms. The van der Waals surface area contributed by atoms with Crippen LogP contribution in [-0.2, 0) is 6.54 Å². The Balaban J connectivity index is 1.55. The van der Waals surface area contributed by atoms with Gasteiger partial charge in [0, 0.05) is 44.1 Å². The summed E-state index contributed by atoms with van der Waals surface area (Å²) in [7, 11) is 0. The fraction of sp³-hybridized carbons (Fsp3) is 0.714. The van der Waals surface area contributed by atoms with Gasteiger partial charge < -0.3 is 10.2 Å². The normalized spacial score (nSPS) is 21.7. The van der Waals surface area contributed by atoms with Crippen LogP contribution in [0.15, 0.2) is 24.5 Å². The van der Waals surface area contributed by atoms with E-state index in [1.165, 1.54) is 38.6 Å². The molecule has 3 rings (SSSR count). The van der Waals surface area contributed by atoms with Gasteiger partial charge in [0.25, 0.3) is 0 Å². The molecule has 2 aliphatic rings. The Kier molecular flexibility index (Phi) is 7.30.